The van der Waals surface area contributed by atoms with E-state index in [0.717, 1.165) is 16.3 Å². The Labute approximate surface area is 138 Å². The summed E-state index contributed by atoms with van der Waals surface area (Å²) in [6.07, 6.45) is 1.49. The number of thiazole rings is 1. The molecule has 0 aliphatic rings. The first-order valence-electron chi connectivity index (χ1n) is 6.90. The summed E-state index contributed by atoms with van der Waals surface area (Å²) in [5.41, 5.74) is 2.19. The third-order valence-corrected chi connectivity index (χ3v) is 5.42. The molecule has 0 unspecified atom stereocenters. The molecule has 8 heteroatoms. The number of rotatable bonds is 4. The van der Waals surface area contributed by atoms with Crippen LogP contribution in [0.3, 0.4) is 0 Å². The topological polar surface area (TPSA) is 76.9 Å². The molecule has 0 bridgehead atoms. The van der Waals surface area contributed by atoms with Crippen LogP contribution in [0.15, 0.2) is 40.9 Å². The quantitative estimate of drug-likeness (QED) is 0.786. The number of aromatic nitrogens is 3. The molecular formula is C15H16N4O2S2. The van der Waals surface area contributed by atoms with Crippen molar-refractivity contribution in [2.75, 3.05) is 4.72 Å². The second kappa shape index (κ2) is 5.78. The maximum absolute atomic E-state index is 12.4. The highest BCUT2D eigenvalue weighted by atomic mass is 32.2. The largest absolute Gasteiger partial charge is 0.337 e. The predicted octanol–water partition coefficient (Wildman–Crippen LogP) is 2.96. The lowest BCUT2D eigenvalue weighted by atomic mass is 10.1. The molecule has 0 aliphatic heterocycles. The molecular weight excluding hydrogens is 332 g/mol. The van der Waals surface area contributed by atoms with Crippen LogP contribution >= 0.6 is 11.3 Å². The van der Waals surface area contributed by atoms with Gasteiger partial charge in [-0.2, -0.15) is 8.42 Å². The molecule has 0 spiro atoms. The van der Waals surface area contributed by atoms with Gasteiger partial charge in [-0.15, -0.1) is 11.3 Å². The van der Waals surface area contributed by atoms with E-state index in [-0.39, 0.29) is 5.03 Å². The van der Waals surface area contributed by atoms with E-state index in [1.807, 2.05) is 18.4 Å². The number of benzene rings is 1. The van der Waals surface area contributed by atoms with Crippen LogP contribution in [0, 0.1) is 13.8 Å². The van der Waals surface area contributed by atoms with Crippen LogP contribution in [0.2, 0.25) is 0 Å². The van der Waals surface area contributed by atoms with E-state index in [9.17, 15) is 8.42 Å². The molecule has 3 rings (SSSR count). The predicted molar refractivity (Wildman–Crippen MR) is 91.0 cm³/mol. The van der Waals surface area contributed by atoms with E-state index in [1.165, 1.54) is 6.20 Å². The molecule has 1 N–H and O–H groups in total. The van der Waals surface area contributed by atoms with Crippen molar-refractivity contribution in [1.29, 1.82) is 0 Å². The van der Waals surface area contributed by atoms with Gasteiger partial charge in [0, 0.05) is 29.9 Å². The third kappa shape index (κ3) is 3.27. The van der Waals surface area contributed by atoms with E-state index in [4.69, 9.17) is 0 Å². The average molecular weight is 348 g/mol. The first-order valence-corrected chi connectivity index (χ1v) is 9.27. The Morgan fingerprint density at radius 2 is 2.00 bits per heavy atom. The molecule has 0 amide bonds. The smallest absolute Gasteiger partial charge is 0.280 e. The lowest BCUT2D eigenvalue weighted by molar-refractivity contribution is 0.598. The number of hydrogen-bond donors (Lipinski definition) is 1. The Kier molecular flexibility index (Phi) is 3.95. The normalized spacial score (nSPS) is 11.6. The van der Waals surface area contributed by atoms with Gasteiger partial charge in [-0.1, -0.05) is 12.1 Å². The number of imidazole rings is 1. The van der Waals surface area contributed by atoms with Crippen molar-refractivity contribution >= 4 is 27.0 Å². The van der Waals surface area contributed by atoms with Crippen molar-refractivity contribution in [2.24, 2.45) is 7.05 Å². The Morgan fingerprint density at radius 1 is 1.22 bits per heavy atom. The van der Waals surface area contributed by atoms with Gasteiger partial charge in [0.2, 0.25) is 0 Å². The highest BCUT2D eigenvalue weighted by Crippen LogP contribution is 2.25. The van der Waals surface area contributed by atoms with Crippen molar-refractivity contribution < 1.29 is 8.42 Å². The van der Waals surface area contributed by atoms with Crippen molar-refractivity contribution in [3.05, 3.63) is 46.7 Å². The standard InChI is InChI=1S/C15H16N4O2S2/c1-10-16-15(8-19(10)3)23(20,21)18-13-6-4-5-12(7-13)14-9-22-11(2)17-14/h4-9,18H,1-3H3. The molecule has 0 atom stereocenters. The fraction of sp³-hybridized carbons (Fsp3) is 0.200. The van der Waals surface area contributed by atoms with E-state index in [0.29, 0.717) is 11.5 Å². The minimum absolute atomic E-state index is 0.00686. The molecule has 0 fully saturated rings. The SMILES string of the molecule is Cc1nc(-c2cccc(NS(=O)(=O)c3cn(C)c(C)n3)c2)cs1. The summed E-state index contributed by atoms with van der Waals surface area (Å²) in [4.78, 5) is 8.48. The molecule has 23 heavy (non-hydrogen) atoms. The van der Waals surface area contributed by atoms with Crippen molar-refractivity contribution in [3.8, 4) is 11.3 Å². The third-order valence-electron chi connectivity index (χ3n) is 3.39. The van der Waals surface area contributed by atoms with Crippen LogP contribution in [-0.2, 0) is 17.1 Å². The minimum atomic E-state index is -3.71. The highest BCUT2D eigenvalue weighted by Gasteiger charge is 2.18. The van der Waals surface area contributed by atoms with Crippen molar-refractivity contribution in [1.82, 2.24) is 14.5 Å². The summed E-state index contributed by atoms with van der Waals surface area (Å²) >= 11 is 1.56. The zero-order valence-corrected chi connectivity index (χ0v) is 14.6. The van der Waals surface area contributed by atoms with Crippen molar-refractivity contribution in [2.45, 2.75) is 18.9 Å². The summed E-state index contributed by atoms with van der Waals surface area (Å²) in [6, 6.07) is 7.17. The molecule has 120 valence electrons. The van der Waals surface area contributed by atoms with Gasteiger partial charge in [-0.25, -0.2) is 9.97 Å². The van der Waals surface area contributed by atoms with Gasteiger partial charge in [0.1, 0.15) is 5.82 Å². The van der Waals surface area contributed by atoms with Gasteiger partial charge in [0.05, 0.1) is 10.7 Å². The van der Waals surface area contributed by atoms with E-state index < -0.39 is 10.0 Å². The molecule has 1 aromatic carbocycles. The summed E-state index contributed by atoms with van der Waals surface area (Å²) in [5, 5.41) is 2.92. The maximum Gasteiger partial charge on any atom is 0.280 e. The van der Waals surface area contributed by atoms with Gasteiger partial charge in [0.15, 0.2) is 5.03 Å². The summed E-state index contributed by atoms with van der Waals surface area (Å²) < 4.78 is 29.1. The molecule has 6 nitrogen and oxygen atoms in total. The second-order valence-electron chi connectivity index (χ2n) is 5.18. The molecule has 0 radical (unpaired) electrons. The number of nitrogens with one attached hydrogen (secondary N) is 1. The molecule has 0 saturated carbocycles. The fourth-order valence-corrected chi connectivity index (χ4v) is 3.81. The highest BCUT2D eigenvalue weighted by molar-refractivity contribution is 7.92. The Bertz CT molecular complexity index is 938. The Morgan fingerprint density at radius 3 is 2.61 bits per heavy atom. The average Bonchev–Trinajstić information content (AvgIpc) is 3.06. The fourth-order valence-electron chi connectivity index (χ4n) is 2.10. The number of sulfonamides is 1. The number of hydrogen-bond acceptors (Lipinski definition) is 5. The van der Waals surface area contributed by atoms with Gasteiger partial charge in [-0.3, -0.25) is 4.72 Å². The van der Waals surface area contributed by atoms with Crippen LogP contribution in [-0.4, -0.2) is 23.0 Å². The first-order chi connectivity index (χ1) is 10.8. The Balaban J connectivity index is 1.91. The van der Waals surface area contributed by atoms with E-state index in [2.05, 4.69) is 14.7 Å². The molecule has 2 aromatic heterocycles. The second-order valence-corrected chi connectivity index (χ2v) is 7.87. The van der Waals surface area contributed by atoms with Crippen LogP contribution in [0.5, 0.6) is 0 Å². The monoisotopic (exact) mass is 348 g/mol. The number of aryl methyl sites for hydroxylation is 3. The van der Waals surface area contributed by atoms with E-state index >= 15 is 0 Å². The lowest BCUT2D eigenvalue weighted by Crippen LogP contribution is -2.13. The van der Waals surface area contributed by atoms with Gasteiger partial charge >= 0.3 is 0 Å². The molecule has 2 heterocycles. The molecule has 0 saturated heterocycles. The maximum atomic E-state index is 12.4. The van der Waals surface area contributed by atoms with Crippen molar-refractivity contribution in [3.63, 3.8) is 0 Å². The molecule has 3 aromatic rings. The van der Waals surface area contributed by atoms with Crippen LogP contribution < -0.4 is 4.72 Å². The van der Waals surface area contributed by atoms with Gasteiger partial charge in [-0.05, 0) is 26.0 Å². The number of nitrogens with zero attached hydrogens (tertiary/aromatic N) is 3. The van der Waals surface area contributed by atoms with Crippen LogP contribution in [0.25, 0.3) is 11.3 Å². The minimum Gasteiger partial charge on any atom is -0.337 e. The van der Waals surface area contributed by atoms with Gasteiger partial charge in [0.25, 0.3) is 10.0 Å². The van der Waals surface area contributed by atoms with Gasteiger partial charge < -0.3 is 4.57 Å². The van der Waals surface area contributed by atoms with Crippen LogP contribution in [0.4, 0.5) is 5.69 Å². The Hall–Kier alpha value is -2.19. The number of anilines is 1. The summed E-state index contributed by atoms with van der Waals surface area (Å²) in [5.74, 6) is 0.636. The summed E-state index contributed by atoms with van der Waals surface area (Å²) in [7, 11) is -1.95. The molecule has 0 aliphatic carbocycles. The first kappa shape index (κ1) is 15.7. The summed E-state index contributed by atoms with van der Waals surface area (Å²) in [6.45, 7) is 3.69. The van der Waals surface area contributed by atoms with Crippen LogP contribution in [0.1, 0.15) is 10.8 Å². The zero-order chi connectivity index (χ0) is 16.6. The zero-order valence-electron chi connectivity index (χ0n) is 12.9. The van der Waals surface area contributed by atoms with E-state index in [1.54, 1.807) is 48.1 Å². The lowest BCUT2D eigenvalue weighted by Gasteiger charge is -2.07.